The molecule has 0 fully saturated rings. The molecule has 7 heteroatoms. The van der Waals surface area contributed by atoms with E-state index >= 15 is 0 Å². The summed E-state index contributed by atoms with van der Waals surface area (Å²) in [6, 6.07) is 2.95. The number of nitrogen functional groups attached to an aromatic ring is 1. The molecule has 0 heterocycles. The molecule has 0 spiro atoms. The van der Waals surface area contributed by atoms with Crippen LogP contribution in [0.2, 0.25) is 10.0 Å². The Hall–Kier alpha value is -1.17. The van der Waals surface area contributed by atoms with E-state index in [9.17, 15) is 4.79 Å². The van der Waals surface area contributed by atoms with Crippen molar-refractivity contribution in [2.24, 2.45) is 0 Å². The van der Waals surface area contributed by atoms with Gasteiger partial charge in [-0.2, -0.15) is 0 Å². The molecule has 1 rings (SSSR count). The molecule has 100 valence electrons. The lowest BCUT2D eigenvalue weighted by Gasteiger charge is -2.10. The Kier molecular flexibility index (Phi) is 6.04. The second kappa shape index (κ2) is 7.31. The largest absolute Gasteiger partial charge is 0.482 e. The highest BCUT2D eigenvalue weighted by atomic mass is 35.5. The van der Waals surface area contributed by atoms with Crippen LogP contribution < -0.4 is 15.8 Å². The summed E-state index contributed by atoms with van der Waals surface area (Å²) in [6.07, 6.45) is 0. The summed E-state index contributed by atoms with van der Waals surface area (Å²) in [5, 5.41) is 3.27. The van der Waals surface area contributed by atoms with Gasteiger partial charge in [0.15, 0.2) is 6.61 Å². The van der Waals surface area contributed by atoms with Gasteiger partial charge in [-0.25, -0.2) is 0 Å². The van der Waals surface area contributed by atoms with Crippen molar-refractivity contribution in [3.63, 3.8) is 0 Å². The molecule has 0 aromatic heterocycles. The summed E-state index contributed by atoms with van der Waals surface area (Å²) >= 11 is 11.6. The van der Waals surface area contributed by atoms with Gasteiger partial charge in [0.2, 0.25) is 0 Å². The lowest BCUT2D eigenvalue weighted by molar-refractivity contribution is -0.123. The number of hydrogen-bond donors (Lipinski definition) is 2. The summed E-state index contributed by atoms with van der Waals surface area (Å²) in [4.78, 5) is 11.4. The molecule has 3 N–H and O–H groups in total. The number of ether oxygens (including phenoxy) is 2. The Morgan fingerprint density at radius 1 is 1.39 bits per heavy atom. The van der Waals surface area contributed by atoms with E-state index < -0.39 is 0 Å². The fourth-order valence-corrected chi connectivity index (χ4v) is 1.48. The number of methoxy groups -OCH3 is 1. The molecule has 0 aliphatic rings. The van der Waals surface area contributed by atoms with Crippen LogP contribution in [0.15, 0.2) is 12.1 Å². The maximum atomic E-state index is 11.4. The average molecular weight is 293 g/mol. The number of halogens is 2. The minimum absolute atomic E-state index is 0.147. The number of rotatable bonds is 6. The highest BCUT2D eigenvalue weighted by Gasteiger charge is 2.08. The summed E-state index contributed by atoms with van der Waals surface area (Å²) in [7, 11) is 1.55. The molecular formula is C11H14Cl2N2O3. The number of nitrogens with two attached hydrogens (primary N) is 1. The minimum Gasteiger partial charge on any atom is -0.482 e. The van der Waals surface area contributed by atoms with Crippen LogP contribution in [0.1, 0.15) is 0 Å². The number of nitrogens with one attached hydrogen (secondary N) is 1. The van der Waals surface area contributed by atoms with E-state index in [4.69, 9.17) is 38.4 Å². The summed E-state index contributed by atoms with van der Waals surface area (Å²) in [5.74, 6) is 0.0591. The second-order valence-electron chi connectivity index (χ2n) is 3.44. The maximum absolute atomic E-state index is 11.4. The number of anilines is 1. The Morgan fingerprint density at radius 3 is 2.72 bits per heavy atom. The fraction of sp³-hybridized carbons (Fsp3) is 0.364. The van der Waals surface area contributed by atoms with Crippen LogP contribution in [-0.4, -0.2) is 32.8 Å². The predicted molar refractivity (Wildman–Crippen MR) is 71.3 cm³/mol. The Morgan fingerprint density at radius 2 is 2.06 bits per heavy atom. The van der Waals surface area contributed by atoms with Crippen molar-refractivity contribution in [2.75, 3.05) is 32.6 Å². The molecule has 0 aliphatic carbocycles. The van der Waals surface area contributed by atoms with Crippen LogP contribution in [0.25, 0.3) is 0 Å². The van der Waals surface area contributed by atoms with E-state index in [1.807, 2.05) is 0 Å². The Labute approximate surface area is 115 Å². The van der Waals surface area contributed by atoms with Crippen LogP contribution in [0.3, 0.4) is 0 Å². The molecule has 0 aliphatic heterocycles. The molecule has 0 atom stereocenters. The highest BCUT2D eigenvalue weighted by Crippen LogP contribution is 2.32. The smallest absolute Gasteiger partial charge is 0.258 e. The van der Waals surface area contributed by atoms with Crippen molar-refractivity contribution in [2.45, 2.75) is 0 Å². The van der Waals surface area contributed by atoms with Gasteiger partial charge in [-0.1, -0.05) is 23.2 Å². The van der Waals surface area contributed by atoms with Gasteiger partial charge in [0.25, 0.3) is 5.91 Å². The highest BCUT2D eigenvalue weighted by molar-refractivity contribution is 6.42. The van der Waals surface area contributed by atoms with Crippen molar-refractivity contribution in [1.29, 1.82) is 0 Å². The zero-order chi connectivity index (χ0) is 13.5. The summed E-state index contributed by atoms with van der Waals surface area (Å²) in [6.45, 7) is 0.724. The van der Waals surface area contributed by atoms with Crippen LogP contribution in [-0.2, 0) is 9.53 Å². The third-order valence-corrected chi connectivity index (χ3v) is 2.76. The normalized spacial score (nSPS) is 10.2. The van der Waals surface area contributed by atoms with Crippen molar-refractivity contribution in [3.05, 3.63) is 22.2 Å². The first-order valence-corrected chi connectivity index (χ1v) is 5.93. The first-order chi connectivity index (χ1) is 8.54. The van der Waals surface area contributed by atoms with Crippen LogP contribution >= 0.6 is 23.2 Å². The quantitative estimate of drug-likeness (QED) is 0.618. The molecule has 1 aromatic rings. The number of amides is 1. The number of hydrogen-bond acceptors (Lipinski definition) is 4. The molecule has 0 radical (unpaired) electrons. The lowest BCUT2D eigenvalue weighted by atomic mass is 10.3. The topological polar surface area (TPSA) is 73.6 Å². The van der Waals surface area contributed by atoms with E-state index in [0.717, 1.165) is 0 Å². The molecule has 1 amide bonds. The lowest BCUT2D eigenvalue weighted by Crippen LogP contribution is -2.31. The van der Waals surface area contributed by atoms with Crippen molar-refractivity contribution < 1.29 is 14.3 Å². The van der Waals surface area contributed by atoms with Gasteiger partial charge < -0.3 is 20.5 Å². The number of benzene rings is 1. The molecule has 0 saturated heterocycles. The first kappa shape index (κ1) is 14.9. The molecule has 0 saturated carbocycles. The number of carbonyl (C=O) groups is 1. The molecule has 5 nitrogen and oxygen atoms in total. The van der Waals surface area contributed by atoms with Gasteiger partial charge >= 0.3 is 0 Å². The average Bonchev–Trinajstić information content (AvgIpc) is 2.32. The molecule has 0 bridgehead atoms. The van der Waals surface area contributed by atoms with E-state index in [0.29, 0.717) is 34.6 Å². The molecular weight excluding hydrogens is 279 g/mol. The number of carbonyl (C=O) groups excluding carboxylic acids is 1. The fourth-order valence-electron chi connectivity index (χ4n) is 1.16. The van der Waals surface area contributed by atoms with E-state index in [-0.39, 0.29) is 12.5 Å². The van der Waals surface area contributed by atoms with Gasteiger partial charge in [-0.15, -0.1) is 0 Å². The zero-order valence-corrected chi connectivity index (χ0v) is 11.3. The summed E-state index contributed by atoms with van der Waals surface area (Å²) in [5.41, 5.74) is 6.01. The van der Waals surface area contributed by atoms with Crippen LogP contribution in [0.5, 0.6) is 5.75 Å². The van der Waals surface area contributed by atoms with Gasteiger partial charge in [-0.3, -0.25) is 4.79 Å². The molecule has 0 unspecified atom stereocenters. The van der Waals surface area contributed by atoms with Gasteiger partial charge in [0, 0.05) is 19.7 Å². The van der Waals surface area contributed by atoms with E-state index in [1.165, 1.54) is 12.1 Å². The Balaban J connectivity index is 2.48. The zero-order valence-electron chi connectivity index (χ0n) is 9.83. The van der Waals surface area contributed by atoms with E-state index in [1.54, 1.807) is 7.11 Å². The Bertz CT molecular complexity index is 427. The first-order valence-electron chi connectivity index (χ1n) is 5.17. The second-order valence-corrected chi connectivity index (χ2v) is 4.25. The van der Waals surface area contributed by atoms with Crippen molar-refractivity contribution in [3.8, 4) is 5.75 Å². The van der Waals surface area contributed by atoms with Gasteiger partial charge in [0.1, 0.15) is 5.75 Å². The third-order valence-electron chi connectivity index (χ3n) is 2.04. The minimum atomic E-state index is -0.266. The van der Waals surface area contributed by atoms with E-state index in [2.05, 4.69) is 5.32 Å². The van der Waals surface area contributed by atoms with Gasteiger partial charge in [-0.05, 0) is 6.07 Å². The molecule has 1 aromatic carbocycles. The van der Waals surface area contributed by atoms with Crippen molar-refractivity contribution >= 4 is 34.8 Å². The van der Waals surface area contributed by atoms with Gasteiger partial charge in [0.05, 0.1) is 22.3 Å². The SMILES string of the molecule is COCCNC(=O)COc1cc(Cl)c(Cl)cc1N. The standard InChI is InChI=1S/C11H14Cl2N2O3/c1-17-3-2-15-11(16)6-18-10-5-8(13)7(12)4-9(10)14/h4-5H,2-3,6,14H2,1H3,(H,15,16). The molecule has 18 heavy (non-hydrogen) atoms. The van der Waals surface area contributed by atoms with Crippen LogP contribution in [0, 0.1) is 0 Å². The monoisotopic (exact) mass is 292 g/mol. The van der Waals surface area contributed by atoms with Crippen LogP contribution in [0.4, 0.5) is 5.69 Å². The summed E-state index contributed by atoms with van der Waals surface area (Å²) < 4.78 is 10.0. The van der Waals surface area contributed by atoms with Crippen molar-refractivity contribution in [1.82, 2.24) is 5.32 Å². The predicted octanol–water partition coefficient (Wildman–Crippen LogP) is 1.72. The third kappa shape index (κ3) is 4.60. The maximum Gasteiger partial charge on any atom is 0.258 e.